The smallest absolute Gasteiger partial charge is 0.323 e. The highest BCUT2D eigenvalue weighted by molar-refractivity contribution is 6.08. The summed E-state index contributed by atoms with van der Waals surface area (Å²) in [6.45, 7) is 0.792. The number of nitrogens with two attached hydrogens (primary N) is 1. The summed E-state index contributed by atoms with van der Waals surface area (Å²) in [7, 11) is 5.52. The van der Waals surface area contributed by atoms with E-state index in [1.165, 1.54) is 16.7 Å². The van der Waals surface area contributed by atoms with Gasteiger partial charge in [-0.25, -0.2) is 0 Å². The van der Waals surface area contributed by atoms with Gasteiger partial charge in [0.25, 0.3) is 0 Å². The van der Waals surface area contributed by atoms with Gasteiger partial charge in [-0.1, -0.05) is 73.8 Å². The molecule has 0 aliphatic heterocycles. The number of hydrogen-bond donors (Lipinski definition) is 3. The number of carbonyl (C=O) groups is 1. The second-order valence-corrected chi connectivity index (χ2v) is 8.32. The maximum absolute atomic E-state index is 11.7. The number of hydrogen-bond acceptors (Lipinski definition) is 3. The van der Waals surface area contributed by atoms with Crippen LogP contribution in [0.1, 0.15) is 48.8 Å². The number of unbranched alkanes of at least 4 members (excludes halogenated alkanes) is 1. The Hall–Kier alpha value is -2.11. The molecule has 1 fully saturated rings. The molecule has 4 N–H and O–H groups in total. The first kappa shape index (κ1) is 21.6. The fraction of sp³-hybridized carbons (Fsp3) is 0.458. The van der Waals surface area contributed by atoms with Gasteiger partial charge in [-0.15, -0.1) is 0 Å². The Kier molecular flexibility index (Phi) is 7.51. The van der Waals surface area contributed by atoms with Crippen molar-refractivity contribution < 1.29 is 9.90 Å². The molecule has 0 spiro atoms. The molecule has 2 radical (unpaired) electrons. The van der Waals surface area contributed by atoms with Gasteiger partial charge in [-0.2, -0.15) is 0 Å². The van der Waals surface area contributed by atoms with Gasteiger partial charge in [0.2, 0.25) is 0 Å². The monoisotopic (exact) mass is 390 g/mol. The minimum Gasteiger partial charge on any atom is -0.480 e. The molecule has 2 aromatic rings. The summed E-state index contributed by atoms with van der Waals surface area (Å²) in [5.41, 5.74) is 9.01. The summed E-state index contributed by atoms with van der Waals surface area (Å²) in [6.07, 6.45) is 5.24. The first-order valence-electron chi connectivity index (χ1n) is 10.6. The molecule has 1 saturated carbocycles. The molecule has 4 nitrogen and oxygen atoms in total. The van der Waals surface area contributed by atoms with Crippen LogP contribution in [0.2, 0.25) is 6.32 Å². The van der Waals surface area contributed by atoms with E-state index < -0.39 is 11.5 Å². The number of nitrogens with one attached hydrogen (secondary N) is 1. The highest BCUT2D eigenvalue weighted by atomic mass is 16.4. The lowest BCUT2D eigenvalue weighted by molar-refractivity contribution is -0.148. The van der Waals surface area contributed by atoms with Crippen molar-refractivity contribution in [2.45, 2.75) is 63.0 Å². The van der Waals surface area contributed by atoms with Crippen molar-refractivity contribution in [1.29, 1.82) is 0 Å². The Balaban J connectivity index is 1.44. The lowest BCUT2D eigenvalue weighted by Gasteiger charge is -2.45. The van der Waals surface area contributed by atoms with Crippen molar-refractivity contribution in [3.05, 3.63) is 71.3 Å². The zero-order chi connectivity index (χ0) is 20.7. The van der Waals surface area contributed by atoms with Gasteiger partial charge in [0.1, 0.15) is 5.54 Å². The number of benzene rings is 2. The van der Waals surface area contributed by atoms with Crippen LogP contribution in [0.5, 0.6) is 0 Å². The van der Waals surface area contributed by atoms with E-state index in [0.29, 0.717) is 18.8 Å². The molecule has 5 heteroatoms. The van der Waals surface area contributed by atoms with E-state index >= 15 is 0 Å². The Bertz CT molecular complexity index is 775. The molecule has 1 aliphatic rings. The van der Waals surface area contributed by atoms with Crippen molar-refractivity contribution in [2.75, 3.05) is 0 Å². The first-order valence-corrected chi connectivity index (χ1v) is 10.6. The van der Waals surface area contributed by atoms with Crippen molar-refractivity contribution in [3.63, 3.8) is 0 Å². The predicted octanol–water partition coefficient (Wildman–Crippen LogP) is 3.68. The molecule has 1 atom stereocenters. The quantitative estimate of drug-likeness (QED) is 0.404. The Morgan fingerprint density at radius 2 is 1.66 bits per heavy atom. The van der Waals surface area contributed by atoms with Gasteiger partial charge >= 0.3 is 5.97 Å². The molecular formula is C24H31BN2O2. The van der Waals surface area contributed by atoms with Gasteiger partial charge in [0.05, 0.1) is 7.85 Å². The summed E-state index contributed by atoms with van der Waals surface area (Å²) in [5, 5.41) is 13.2. The average Bonchev–Trinajstić information content (AvgIpc) is 2.69. The van der Waals surface area contributed by atoms with Gasteiger partial charge < -0.3 is 16.2 Å². The van der Waals surface area contributed by atoms with Gasteiger partial charge in [0, 0.05) is 12.6 Å². The van der Waals surface area contributed by atoms with Crippen LogP contribution in [0.4, 0.5) is 0 Å². The number of aliphatic carboxylic acids is 1. The molecule has 3 rings (SSSR count). The molecule has 0 amide bonds. The topological polar surface area (TPSA) is 75.4 Å². The highest BCUT2D eigenvalue weighted by Crippen LogP contribution is 2.38. The molecule has 2 aromatic carbocycles. The third-order valence-electron chi connectivity index (χ3n) is 6.18. The fourth-order valence-electron chi connectivity index (χ4n) is 4.12. The summed E-state index contributed by atoms with van der Waals surface area (Å²) >= 11 is 0. The van der Waals surface area contributed by atoms with Gasteiger partial charge in [-0.3, -0.25) is 4.79 Å². The molecule has 0 aromatic heterocycles. The van der Waals surface area contributed by atoms with Crippen LogP contribution >= 0.6 is 0 Å². The highest BCUT2D eigenvalue weighted by Gasteiger charge is 2.47. The normalized spacial score (nSPS) is 20.6. The minimum absolute atomic E-state index is 0.0310. The van der Waals surface area contributed by atoms with Crippen LogP contribution in [0.3, 0.4) is 0 Å². The van der Waals surface area contributed by atoms with Crippen LogP contribution in [0, 0.1) is 5.92 Å². The van der Waals surface area contributed by atoms with E-state index in [9.17, 15) is 9.90 Å². The standard InChI is InChI=1S/C24H31BN2O2/c25-13-5-4-12-24(26,23(28)29)21-15-22(16-21)27-17-20-10-8-19(9-11-20)14-18-6-2-1-3-7-18/h1-3,6-11,21-22,27H,4-5,12-17,26H2,(H,28,29). The van der Waals surface area contributed by atoms with Crippen molar-refractivity contribution in [1.82, 2.24) is 5.32 Å². The molecule has 29 heavy (non-hydrogen) atoms. The van der Waals surface area contributed by atoms with Crippen LogP contribution in [0.25, 0.3) is 0 Å². The second kappa shape index (κ2) is 10.1. The maximum atomic E-state index is 11.7. The third kappa shape index (κ3) is 5.71. The summed E-state index contributed by atoms with van der Waals surface area (Å²) < 4.78 is 0. The summed E-state index contributed by atoms with van der Waals surface area (Å²) in [4.78, 5) is 11.7. The van der Waals surface area contributed by atoms with Crippen molar-refractivity contribution >= 4 is 13.8 Å². The molecule has 0 heterocycles. The SMILES string of the molecule is [B]CCCCC(N)(C(=O)O)C1CC(NCc2ccc(Cc3ccccc3)cc2)C1. The van der Waals surface area contributed by atoms with Crippen molar-refractivity contribution in [3.8, 4) is 0 Å². The van der Waals surface area contributed by atoms with E-state index in [4.69, 9.17) is 13.6 Å². The minimum atomic E-state index is -1.12. The van der Waals surface area contributed by atoms with E-state index in [-0.39, 0.29) is 5.92 Å². The predicted molar refractivity (Wildman–Crippen MR) is 118 cm³/mol. The molecule has 1 aliphatic carbocycles. The second-order valence-electron chi connectivity index (χ2n) is 8.32. The van der Waals surface area contributed by atoms with Crippen LogP contribution in [-0.2, 0) is 17.8 Å². The third-order valence-corrected chi connectivity index (χ3v) is 6.18. The van der Waals surface area contributed by atoms with E-state index in [1.807, 2.05) is 6.07 Å². The zero-order valence-electron chi connectivity index (χ0n) is 17.0. The molecular weight excluding hydrogens is 359 g/mol. The van der Waals surface area contributed by atoms with E-state index in [0.717, 1.165) is 38.6 Å². The Morgan fingerprint density at radius 3 is 2.28 bits per heavy atom. The first-order chi connectivity index (χ1) is 14.0. The van der Waals surface area contributed by atoms with E-state index in [2.05, 4.69) is 53.8 Å². The Labute approximate surface area is 175 Å². The molecule has 152 valence electrons. The van der Waals surface area contributed by atoms with Crippen LogP contribution in [-0.4, -0.2) is 30.5 Å². The van der Waals surface area contributed by atoms with Crippen molar-refractivity contribution in [2.24, 2.45) is 11.7 Å². The number of rotatable bonds is 11. The largest absolute Gasteiger partial charge is 0.480 e. The van der Waals surface area contributed by atoms with Gasteiger partial charge in [-0.05, 0) is 48.3 Å². The summed E-state index contributed by atoms with van der Waals surface area (Å²) in [6, 6.07) is 19.5. The molecule has 1 unspecified atom stereocenters. The Morgan fingerprint density at radius 1 is 1.03 bits per heavy atom. The molecule has 0 bridgehead atoms. The lowest BCUT2D eigenvalue weighted by atomic mass is 9.66. The maximum Gasteiger partial charge on any atom is 0.323 e. The van der Waals surface area contributed by atoms with Gasteiger partial charge in [0.15, 0.2) is 0 Å². The lowest BCUT2D eigenvalue weighted by Crippen LogP contribution is -2.60. The van der Waals surface area contributed by atoms with Crippen LogP contribution < -0.4 is 11.1 Å². The van der Waals surface area contributed by atoms with Crippen LogP contribution in [0.15, 0.2) is 54.6 Å². The summed E-state index contributed by atoms with van der Waals surface area (Å²) in [5.74, 6) is -0.851. The van der Waals surface area contributed by atoms with E-state index in [1.54, 1.807) is 0 Å². The number of carboxylic acid groups (broad SMARTS) is 1. The number of carboxylic acids is 1. The average molecular weight is 390 g/mol. The fourth-order valence-corrected chi connectivity index (χ4v) is 4.12. The molecule has 0 saturated heterocycles. The zero-order valence-corrected chi connectivity index (χ0v) is 17.0.